The highest BCUT2D eigenvalue weighted by atomic mass is 79.9. The van der Waals surface area contributed by atoms with Crippen LogP contribution in [-0.4, -0.2) is 19.0 Å². The molecule has 0 spiro atoms. The summed E-state index contributed by atoms with van der Waals surface area (Å²) in [5.41, 5.74) is -1.28. The van der Waals surface area contributed by atoms with Crippen LogP contribution in [0.5, 0.6) is 0 Å². The zero-order valence-corrected chi connectivity index (χ0v) is 9.75. The predicted molar refractivity (Wildman–Crippen MR) is 57.3 cm³/mol. The Morgan fingerprint density at radius 3 is 2.75 bits per heavy atom. The molecule has 0 aliphatic carbocycles. The fourth-order valence-corrected chi connectivity index (χ4v) is 1.84. The summed E-state index contributed by atoms with van der Waals surface area (Å²) in [6.07, 6.45) is 0. The van der Waals surface area contributed by atoms with Crippen LogP contribution >= 0.6 is 15.9 Å². The molecule has 0 N–H and O–H groups in total. The molecule has 0 amide bonds. The van der Waals surface area contributed by atoms with E-state index in [2.05, 4.69) is 15.9 Å². The van der Waals surface area contributed by atoms with Crippen molar-refractivity contribution in [2.75, 3.05) is 13.2 Å². The summed E-state index contributed by atoms with van der Waals surface area (Å²) in [4.78, 5) is 12.0. The Hall–Kier alpha value is -1.25. The second kappa shape index (κ2) is 3.96. The first kappa shape index (κ1) is 11.2. The monoisotopic (exact) mass is 283 g/mol. The van der Waals surface area contributed by atoms with Gasteiger partial charge in [-0.15, -0.1) is 0 Å². The van der Waals surface area contributed by atoms with Crippen LogP contribution in [0.2, 0.25) is 0 Å². The lowest BCUT2D eigenvalue weighted by Crippen LogP contribution is -2.48. The largest absolute Gasteiger partial charge is 0.377 e. The Balaban J connectivity index is 2.41. The van der Waals surface area contributed by atoms with Gasteiger partial charge in [0.05, 0.1) is 24.8 Å². The smallest absolute Gasteiger partial charge is 0.190 e. The van der Waals surface area contributed by atoms with Gasteiger partial charge in [0.1, 0.15) is 5.82 Å². The van der Waals surface area contributed by atoms with Crippen molar-refractivity contribution in [3.63, 3.8) is 0 Å². The SMILES string of the molecule is N#CC1(C(=O)c2cc(Br)ccc2F)COC1. The first-order valence-corrected chi connectivity index (χ1v) is 5.37. The molecule has 1 aromatic rings. The maximum Gasteiger partial charge on any atom is 0.190 e. The third-order valence-corrected chi connectivity index (χ3v) is 3.01. The van der Waals surface area contributed by atoms with E-state index in [0.717, 1.165) is 0 Å². The molecule has 0 aromatic heterocycles. The molecule has 82 valence electrons. The highest BCUT2D eigenvalue weighted by molar-refractivity contribution is 9.10. The number of benzene rings is 1. The first-order valence-electron chi connectivity index (χ1n) is 4.58. The molecular weight excluding hydrogens is 277 g/mol. The average Bonchev–Trinajstić information content (AvgIpc) is 2.21. The van der Waals surface area contributed by atoms with E-state index >= 15 is 0 Å². The van der Waals surface area contributed by atoms with Gasteiger partial charge in [-0.25, -0.2) is 4.39 Å². The Labute approximate surface area is 100.0 Å². The highest BCUT2D eigenvalue weighted by Gasteiger charge is 2.47. The van der Waals surface area contributed by atoms with E-state index in [1.165, 1.54) is 18.2 Å². The number of ketones is 1. The van der Waals surface area contributed by atoms with Gasteiger partial charge in [-0.05, 0) is 18.2 Å². The summed E-state index contributed by atoms with van der Waals surface area (Å²) in [5, 5.41) is 8.94. The van der Waals surface area contributed by atoms with Gasteiger partial charge in [-0.2, -0.15) is 5.26 Å². The van der Waals surface area contributed by atoms with Crippen LogP contribution in [-0.2, 0) is 4.74 Å². The minimum atomic E-state index is -1.21. The molecule has 0 bridgehead atoms. The second-order valence-corrected chi connectivity index (χ2v) is 4.56. The zero-order chi connectivity index (χ0) is 11.8. The van der Waals surface area contributed by atoms with Crippen LogP contribution < -0.4 is 0 Å². The molecule has 1 saturated heterocycles. The summed E-state index contributed by atoms with van der Waals surface area (Å²) in [5.74, 6) is -1.13. The van der Waals surface area contributed by atoms with Crippen LogP contribution in [0, 0.1) is 22.6 Å². The van der Waals surface area contributed by atoms with Crippen LogP contribution in [0.3, 0.4) is 0 Å². The Bertz CT molecular complexity index is 491. The molecule has 1 aromatic carbocycles. The van der Waals surface area contributed by atoms with Crippen molar-refractivity contribution in [1.82, 2.24) is 0 Å². The molecule has 0 radical (unpaired) electrons. The fraction of sp³-hybridized carbons (Fsp3) is 0.273. The Kier molecular flexibility index (Phi) is 2.78. The maximum atomic E-state index is 13.5. The number of ether oxygens (including phenoxy) is 1. The molecule has 1 heterocycles. The van der Waals surface area contributed by atoms with Gasteiger partial charge < -0.3 is 4.74 Å². The lowest BCUT2D eigenvalue weighted by Gasteiger charge is -2.33. The third kappa shape index (κ3) is 1.64. The van der Waals surface area contributed by atoms with Crippen molar-refractivity contribution < 1.29 is 13.9 Å². The number of hydrogen-bond acceptors (Lipinski definition) is 3. The van der Waals surface area contributed by atoms with E-state index in [1.807, 2.05) is 6.07 Å². The molecule has 16 heavy (non-hydrogen) atoms. The van der Waals surface area contributed by atoms with Gasteiger partial charge in [0.25, 0.3) is 0 Å². The first-order chi connectivity index (χ1) is 7.59. The highest BCUT2D eigenvalue weighted by Crippen LogP contribution is 2.32. The summed E-state index contributed by atoms with van der Waals surface area (Å²) < 4.78 is 18.9. The van der Waals surface area contributed by atoms with E-state index in [4.69, 9.17) is 10.00 Å². The molecule has 1 fully saturated rings. The number of nitrogens with zero attached hydrogens (tertiary/aromatic N) is 1. The van der Waals surface area contributed by atoms with Crippen LogP contribution in [0.25, 0.3) is 0 Å². The van der Waals surface area contributed by atoms with Gasteiger partial charge in [0.15, 0.2) is 11.2 Å². The van der Waals surface area contributed by atoms with Crippen molar-refractivity contribution in [3.05, 3.63) is 34.1 Å². The van der Waals surface area contributed by atoms with Crippen molar-refractivity contribution in [2.24, 2.45) is 5.41 Å². The molecular formula is C11H7BrFNO2. The predicted octanol–water partition coefficient (Wildman–Crippen LogP) is 2.31. The van der Waals surface area contributed by atoms with E-state index in [0.29, 0.717) is 4.47 Å². The van der Waals surface area contributed by atoms with E-state index in [-0.39, 0.29) is 18.8 Å². The van der Waals surface area contributed by atoms with Gasteiger partial charge in [-0.1, -0.05) is 15.9 Å². The molecule has 1 aliphatic heterocycles. The summed E-state index contributed by atoms with van der Waals surface area (Å²) >= 11 is 3.16. The number of nitriles is 1. The van der Waals surface area contributed by atoms with Crippen molar-refractivity contribution >= 4 is 21.7 Å². The van der Waals surface area contributed by atoms with Crippen molar-refractivity contribution in [2.45, 2.75) is 0 Å². The lowest BCUT2D eigenvalue weighted by atomic mass is 9.80. The number of Topliss-reactive ketones (excluding diaryl/α,β-unsaturated/α-hetero) is 1. The average molecular weight is 284 g/mol. The quantitative estimate of drug-likeness (QED) is 0.783. The van der Waals surface area contributed by atoms with Crippen molar-refractivity contribution in [3.8, 4) is 6.07 Å². The normalized spacial score (nSPS) is 17.3. The van der Waals surface area contributed by atoms with Crippen LogP contribution in [0.4, 0.5) is 4.39 Å². The standard InChI is InChI=1S/C11H7BrFNO2/c12-7-1-2-9(13)8(3-7)10(15)11(4-14)5-16-6-11/h1-3H,5-6H2. The van der Waals surface area contributed by atoms with Gasteiger partial charge >= 0.3 is 0 Å². The van der Waals surface area contributed by atoms with E-state index < -0.39 is 17.0 Å². The fourth-order valence-electron chi connectivity index (χ4n) is 1.48. The topological polar surface area (TPSA) is 50.1 Å². The summed E-state index contributed by atoms with van der Waals surface area (Å²) in [7, 11) is 0. The van der Waals surface area contributed by atoms with E-state index in [9.17, 15) is 9.18 Å². The van der Waals surface area contributed by atoms with E-state index in [1.54, 1.807) is 0 Å². The second-order valence-electron chi connectivity index (χ2n) is 3.64. The van der Waals surface area contributed by atoms with Crippen molar-refractivity contribution in [1.29, 1.82) is 5.26 Å². The third-order valence-electron chi connectivity index (χ3n) is 2.52. The Morgan fingerprint density at radius 2 is 2.25 bits per heavy atom. The lowest BCUT2D eigenvalue weighted by molar-refractivity contribution is -0.0567. The minimum Gasteiger partial charge on any atom is -0.377 e. The van der Waals surface area contributed by atoms with Gasteiger partial charge in [0, 0.05) is 4.47 Å². The number of halogens is 2. The minimum absolute atomic E-state index is 0.0360. The number of carbonyl (C=O) groups is 1. The molecule has 0 atom stereocenters. The number of rotatable bonds is 2. The van der Waals surface area contributed by atoms with Gasteiger partial charge in [-0.3, -0.25) is 4.79 Å². The number of hydrogen-bond donors (Lipinski definition) is 0. The summed E-state index contributed by atoms with van der Waals surface area (Å²) in [6.45, 7) is 0.0720. The van der Waals surface area contributed by atoms with Crippen LogP contribution in [0.15, 0.2) is 22.7 Å². The number of carbonyl (C=O) groups excluding carboxylic acids is 1. The Morgan fingerprint density at radius 1 is 1.56 bits per heavy atom. The molecule has 0 saturated carbocycles. The molecule has 1 aliphatic rings. The molecule has 0 unspecified atom stereocenters. The molecule has 3 nitrogen and oxygen atoms in total. The summed E-state index contributed by atoms with van der Waals surface area (Å²) in [6, 6.07) is 5.99. The van der Waals surface area contributed by atoms with Crippen LogP contribution in [0.1, 0.15) is 10.4 Å². The molecule has 5 heteroatoms. The maximum absolute atomic E-state index is 13.5. The van der Waals surface area contributed by atoms with Gasteiger partial charge in [0.2, 0.25) is 0 Å². The molecule has 2 rings (SSSR count). The zero-order valence-electron chi connectivity index (χ0n) is 8.17.